The zero-order chi connectivity index (χ0) is 26.8. The summed E-state index contributed by atoms with van der Waals surface area (Å²) in [4.78, 5) is 41.6. The van der Waals surface area contributed by atoms with Crippen LogP contribution in [-0.2, 0) is 0 Å². The second kappa shape index (κ2) is 11.2. The van der Waals surface area contributed by atoms with Crippen LogP contribution < -0.4 is 0 Å². The summed E-state index contributed by atoms with van der Waals surface area (Å²) in [5.74, 6) is 3.37. The fourth-order valence-corrected chi connectivity index (χ4v) is 5.84. The van der Waals surface area contributed by atoms with E-state index in [0.29, 0.717) is 22.3 Å². The molecule has 0 aromatic heterocycles. The van der Waals surface area contributed by atoms with Gasteiger partial charge in [0.05, 0.1) is 11.4 Å². The molecule has 3 aliphatic rings. The molecule has 2 aromatic rings. The molecule has 1 aliphatic carbocycles. The summed E-state index contributed by atoms with van der Waals surface area (Å²) >= 11 is 0. The number of amidine groups is 2. The van der Waals surface area contributed by atoms with Gasteiger partial charge >= 0.3 is 0 Å². The molecular weight excluding hydrogens is 472 g/mol. The number of aliphatic imine (C=N–C) groups is 2. The highest BCUT2D eigenvalue weighted by molar-refractivity contribution is 6.28. The van der Waals surface area contributed by atoms with Crippen LogP contribution in [0.2, 0.25) is 0 Å². The minimum atomic E-state index is -0.118. The molecule has 0 amide bonds. The Morgan fingerprint density at radius 3 is 1.37 bits per heavy atom. The number of likely N-dealkylation sites (tertiary alicyclic amines) is 2. The maximum absolute atomic E-state index is 13.5. The first-order chi connectivity index (χ1) is 18.4. The van der Waals surface area contributed by atoms with Gasteiger partial charge in [-0.2, -0.15) is 0 Å². The SMILES string of the molecule is CCC(=Nc1ccc2c(c1)C(=O)c1ccc(N=C(CC)N3CCC(C)CC3)cc1C2=O)N1CCC(C)CC1. The summed E-state index contributed by atoms with van der Waals surface area (Å²) in [5, 5.41) is 0. The minimum absolute atomic E-state index is 0.118. The fraction of sp³-hybridized carbons (Fsp3) is 0.500. The summed E-state index contributed by atoms with van der Waals surface area (Å²) in [6.07, 6.45) is 6.37. The number of rotatable bonds is 4. The molecule has 0 spiro atoms. The Kier molecular flexibility index (Phi) is 7.78. The first-order valence-corrected chi connectivity index (χ1v) is 14.4. The number of carbonyl (C=O) groups is 2. The van der Waals surface area contributed by atoms with Crippen LogP contribution in [0.15, 0.2) is 46.4 Å². The summed E-state index contributed by atoms with van der Waals surface area (Å²) < 4.78 is 0. The van der Waals surface area contributed by atoms with E-state index in [2.05, 4.69) is 37.5 Å². The highest BCUT2D eigenvalue weighted by Crippen LogP contribution is 2.33. The van der Waals surface area contributed by atoms with Gasteiger partial charge in [0.1, 0.15) is 11.7 Å². The third kappa shape index (κ3) is 5.31. The van der Waals surface area contributed by atoms with Gasteiger partial charge in [-0.3, -0.25) is 9.59 Å². The Morgan fingerprint density at radius 1 is 0.658 bits per heavy atom. The van der Waals surface area contributed by atoms with Crippen molar-refractivity contribution >= 4 is 34.6 Å². The lowest BCUT2D eigenvalue weighted by Crippen LogP contribution is -2.37. The van der Waals surface area contributed by atoms with Crippen LogP contribution in [0.3, 0.4) is 0 Å². The van der Waals surface area contributed by atoms with Crippen LogP contribution in [-0.4, -0.2) is 59.2 Å². The van der Waals surface area contributed by atoms with Gasteiger partial charge in [0.15, 0.2) is 11.6 Å². The molecule has 2 heterocycles. The van der Waals surface area contributed by atoms with Crippen molar-refractivity contribution in [3.8, 4) is 0 Å². The largest absolute Gasteiger partial charge is 0.360 e. The Hall–Kier alpha value is -3.28. The van der Waals surface area contributed by atoms with E-state index in [1.807, 2.05) is 12.1 Å². The number of hydrogen-bond donors (Lipinski definition) is 0. The lowest BCUT2D eigenvalue weighted by Gasteiger charge is -2.32. The second-order valence-corrected chi connectivity index (χ2v) is 11.2. The van der Waals surface area contributed by atoms with E-state index in [1.54, 1.807) is 24.3 Å². The van der Waals surface area contributed by atoms with Crippen molar-refractivity contribution in [1.29, 1.82) is 0 Å². The van der Waals surface area contributed by atoms with Gasteiger partial charge in [0.25, 0.3) is 0 Å². The number of hydrogen-bond acceptors (Lipinski definition) is 4. The van der Waals surface area contributed by atoms with E-state index >= 15 is 0 Å². The first-order valence-electron chi connectivity index (χ1n) is 14.4. The molecule has 200 valence electrons. The molecule has 2 aromatic carbocycles. The molecule has 6 heteroatoms. The van der Waals surface area contributed by atoms with Crippen LogP contribution in [0.25, 0.3) is 0 Å². The predicted molar refractivity (Wildman–Crippen MR) is 154 cm³/mol. The molecule has 0 saturated carbocycles. The number of nitrogens with zero attached hydrogens (tertiary/aromatic N) is 4. The molecule has 6 nitrogen and oxygen atoms in total. The number of fused-ring (bicyclic) bond motifs is 2. The van der Waals surface area contributed by atoms with Gasteiger partial charge < -0.3 is 9.80 Å². The van der Waals surface area contributed by atoms with Crippen molar-refractivity contribution in [3.63, 3.8) is 0 Å². The fourth-order valence-electron chi connectivity index (χ4n) is 5.84. The van der Waals surface area contributed by atoms with E-state index in [4.69, 9.17) is 9.98 Å². The average Bonchev–Trinajstić information content (AvgIpc) is 2.94. The molecule has 0 unspecified atom stereocenters. The second-order valence-electron chi connectivity index (χ2n) is 11.2. The van der Waals surface area contributed by atoms with Gasteiger partial charge in [-0.1, -0.05) is 27.7 Å². The quantitative estimate of drug-likeness (QED) is 0.285. The molecule has 5 rings (SSSR count). The van der Waals surface area contributed by atoms with Crippen LogP contribution >= 0.6 is 0 Å². The van der Waals surface area contributed by atoms with E-state index < -0.39 is 0 Å². The third-order valence-corrected chi connectivity index (χ3v) is 8.43. The van der Waals surface area contributed by atoms with Gasteiger partial charge in [0.2, 0.25) is 0 Å². The lowest BCUT2D eigenvalue weighted by atomic mass is 9.83. The summed E-state index contributed by atoms with van der Waals surface area (Å²) in [7, 11) is 0. The van der Waals surface area contributed by atoms with E-state index in [0.717, 1.165) is 73.9 Å². The van der Waals surface area contributed by atoms with Gasteiger partial charge in [0, 0.05) is 61.3 Å². The number of carbonyl (C=O) groups excluding carboxylic acids is 2. The number of ketones is 2. The van der Waals surface area contributed by atoms with Gasteiger partial charge in [-0.25, -0.2) is 9.98 Å². The molecule has 2 fully saturated rings. The smallest absolute Gasteiger partial charge is 0.194 e. The molecule has 2 aliphatic heterocycles. The van der Waals surface area contributed by atoms with Crippen molar-refractivity contribution in [2.45, 2.75) is 66.2 Å². The number of benzene rings is 2. The van der Waals surface area contributed by atoms with Crippen molar-refractivity contribution in [3.05, 3.63) is 58.7 Å². The maximum atomic E-state index is 13.5. The zero-order valence-electron chi connectivity index (χ0n) is 23.3. The molecule has 2 saturated heterocycles. The van der Waals surface area contributed by atoms with Crippen molar-refractivity contribution in [2.75, 3.05) is 26.2 Å². The van der Waals surface area contributed by atoms with E-state index in [-0.39, 0.29) is 11.6 Å². The van der Waals surface area contributed by atoms with Crippen LogP contribution in [0.5, 0.6) is 0 Å². The summed E-state index contributed by atoms with van der Waals surface area (Å²) in [5.41, 5.74) is 3.25. The van der Waals surface area contributed by atoms with Crippen molar-refractivity contribution in [1.82, 2.24) is 9.80 Å². The standard InChI is InChI=1S/C32H40N4O2/c1-5-29(35-15-11-21(3)12-16-35)33-23-7-9-25-27(19-23)31(37)26-10-8-24(20-28(26)32(25)38)34-30(6-2)36-17-13-22(4)14-18-36/h7-10,19-22H,5-6,11-18H2,1-4H3. The predicted octanol–water partition coefficient (Wildman–Crippen LogP) is 6.81. The van der Waals surface area contributed by atoms with Crippen molar-refractivity contribution < 1.29 is 9.59 Å². The normalized spacial score (nSPS) is 19.6. The maximum Gasteiger partial charge on any atom is 0.194 e. The highest BCUT2D eigenvalue weighted by atomic mass is 16.1. The van der Waals surface area contributed by atoms with E-state index in [1.165, 1.54) is 25.7 Å². The topological polar surface area (TPSA) is 65.3 Å². The Bertz CT molecular complexity index is 1180. The molecule has 38 heavy (non-hydrogen) atoms. The van der Waals surface area contributed by atoms with Gasteiger partial charge in [-0.15, -0.1) is 0 Å². The summed E-state index contributed by atoms with van der Waals surface area (Å²) in [6.45, 7) is 12.9. The molecule has 0 radical (unpaired) electrons. The van der Waals surface area contributed by atoms with E-state index in [9.17, 15) is 9.59 Å². The third-order valence-electron chi connectivity index (χ3n) is 8.43. The van der Waals surface area contributed by atoms with Crippen LogP contribution in [0.4, 0.5) is 11.4 Å². The minimum Gasteiger partial charge on any atom is -0.360 e. The van der Waals surface area contributed by atoms with Gasteiger partial charge in [-0.05, 0) is 73.9 Å². The lowest BCUT2D eigenvalue weighted by molar-refractivity contribution is 0.0979. The highest BCUT2D eigenvalue weighted by Gasteiger charge is 2.30. The van der Waals surface area contributed by atoms with Crippen LogP contribution in [0.1, 0.15) is 98.1 Å². The summed E-state index contributed by atoms with van der Waals surface area (Å²) in [6, 6.07) is 10.9. The number of piperidine rings is 2. The first kappa shape index (κ1) is 26.3. The molecular formula is C32H40N4O2. The van der Waals surface area contributed by atoms with Crippen LogP contribution in [0, 0.1) is 11.8 Å². The molecule has 0 bridgehead atoms. The Balaban J connectivity index is 1.41. The average molecular weight is 513 g/mol. The monoisotopic (exact) mass is 512 g/mol. The Labute approximate surface area is 226 Å². The molecule has 0 atom stereocenters. The molecule has 0 N–H and O–H groups in total. The Morgan fingerprint density at radius 2 is 1.03 bits per heavy atom. The van der Waals surface area contributed by atoms with Crippen molar-refractivity contribution in [2.24, 2.45) is 21.8 Å². The zero-order valence-corrected chi connectivity index (χ0v) is 23.3.